The van der Waals surface area contributed by atoms with E-state index in [0.717, 1.165) is 0 Å². The minimum Gasteiger partial charge on any atom is -0.333 e. The van der Waals surface area contributed by atoms with Crippen LogP contribution in [0.25, 0.3) is 0 Å². The lowest BCUT2D eigenvalue weighted by atomic mass is 11.5. The van der Waals surface area contributed by atoms with E-state index in [1.54, 1.807) is 0 Å². The fraction of sp³-hybridized carbons (Fsp3) is 1.00. The molecule has 4 nitrogen and oxygen atoms in total. The third kappa shape index (κ3) is 3.20. The first-order chi connectivity index (χ1) is 4.79. The minimum atomic E-state index is -1.04. The summed E-state index contributed by atoms with van der Waals surface area (Å²) in [5.74, 6) is 0. The summed E-state index contributed by atoms with van der Waals surface area (Å²) in [5.41, 5.74) is 0. The molecule has 1 saturated heterocycles. The van der Waals surface area contributed by atoms with Crippen molar-refractivity contribution < 1.29 is 18.1 Å². The smallest absolute Gasteiger partial charge is 0.333 e. The molecular weight excluding hydrogens is 174 g/mol. The molecule has 0 unspecified atom stereocenters. The molecule has 1 aliphatic rings. The number of hydrogen-bond acceptors (Lipinski definition) is 4. The van der Waals surface area contributed by atoms with Gasteiger partial charge in [-0.25, -0.2) is 0 Å². The summed E-state index contributed by atoms with van der Waals surface area (Å²) in [5, 5.41) is 0. The van der Waals surface area contributed by atoms with E-state index in [9.17, 15) is 0 Å². The van der Waals surface area contributed by atoms with Gasteiger partial charge in [-0.15, -0.1) is 0 Å². The van der Waals surface area contributed by atoms with Crippen molar-refractivity contribution in [1.29, 1.82) is 0 Å². The van der Waals surface area contributed by atoms with Crippen LogP contribution >= 0.6 is 16.8 Å². The zero-order valence-electron chi connectivity index (χ0n) is 5.94. The van der Waals surface area contributed by atoms with E-state index in [1.165, 1.54) is 0 Å². The lowest BCUT2D eigenvalue weighted by Crippen LogP contribution is -2.08. The first kappa shape index (κ1) is 8.79. The molecule has 1 fully saturated rings. The zero-order chi connectivity index (χ0) is 7.40. The largest absolute Gasteiger partial charge is 0.339 e. The summed E-state index contributed by atoms with van der Waals surface area (Å²) in [6.45, 7) is 4.66. The van der Waals surface area contributed by atoms with Gasteiger partial charge in [-0.2, -0.15) is 0 Å². The third-order valence-electron chi connectivity index (χ3n) is 0.785. The maximum atomic E-state index is 5.15. The maximum Gasteiger partial charge on any atom is 0.339 e. The van der Waals surface area contributed by atoms with Gasteiger partial charge in [-0.05, 0) is 13.3 Å². The van der Waals surface area contributed by atoms with Gasteiger partial charge in [0.2, 0.25) is 0 Å². The quantitative estimate of drug-likeness (QED) is 0.493. The predicted octanol–water partition coefficient (Wildman–Crippen LogP) is 1.86. The highest BCUT2D eigenvalue weighted by Gasteiger charge is 2.21. The molecule has 0 saturated carbocycles. The Kier molecular flexibility index (Phi) is 4.00. The molecule has 0 bridgehead atoms. The van der Waals surface area contributed by atoms with Gasteiger partial charge in [0.25, 0.3) is 0 Å². The van der Waals surface area contributed by atoms with Crippen LogP contribution < -0.4 is 0 Å². The number of rotatable bonds is 4. The topological polar surface area (TPSA) is 36.9 Å². The normalized spacial score (nSPS) is 19.5. The first-order valence-corrected chi connectivity index (χ1v) is 6.03. The van der Waals surface area contributed by atoms with E-state index in [4.69, 9.17) is 18.1 Å². The molecule has 60 valence electrons. The average molecular weight is 184 g/mol. The summed E-state index contributed by atoms with van der Waals surface area (Å²) in [6.07, 6.45) is 0. The van der Waals surface area contributed by atoms with Gasteiger partial charge < -0.3 is 4.52 Å². The molecule has 0 aromatic carbocycles. The van der Waals surface area contributed by atoms with Gasteiger partial charge >= 0.3 is 8.60 Å². The molecule has 1 aliphatic heterocycles. The summed E-state index contributed by atoms with van der Waals surface area (Å²) in [6, 6.07) is 0. The fourth-order valence-corrected chi connectivity index (χ4v) is 1.17. The molecule has 6 heteroatoms. The van der Waals surface area contributed by atoms with E-state index in [-0.39, 0.29) is 14.9 Å². The van der Waals surface area contributed by atoms with Crippen molar-refractivity contribution in [3.63, 3.8) is 0 Å². The van der Waals surface area contributed by atoms with Crippen LogP contribution in [0, 0.1) is 0 Å². The van der Waals surface area contributed by atoms with Crippen LogP contribution in [0.3, 0.4) is 0 Å². The molecule has 0 spiro atoms. The van der Waals surface area contributed by atoms with Crippen LogP contribution in [0.1, 0.15) is 0 Å². The van der Waals surface area contributed by atoms with Gasteiger partial charge in [0.1, 0.15) is 0 Å². The van der Waals surface area contributed by atoms with Crippen LogP contribution in [0.4, 0.5) is 0 Å². The second kappa shape index (κ2) is 4.55. The highest BCUT2D eigenvalue weighted by atomic mass is 31.2. The molecule has 0 radical (unpaired) electrons. The fourth-order valence-electron chi connectivity index (χ4n) is 0.342. The van der Waals surface area contributed by atoms with Crippen molar-refractivity contribution in [1.82, 2.24) is 0 Å². The molecule has 0 N–H and O–H groups in total. The van der Waals surface area contributed by atoms with Crippen molar-refractivity contribution >= 4 is 16.8 Å². The molecule has 0 aliphatic carbocycles. The Bertz CT molecular complexity index is 95.3. The monoisotopic (exact) mass is 184 g/mol. The Morgan fingerprint density at radius 3 is 2.60 bits per heavy atom. The molecule has 0 amide bonds. The molecule has 0 atom stereocenters. The molecule has 1 rings (SSSR count). The van der Waals surface area contributed by atoms with Crippen LogP contribution in [0.15, 0.2) is 0 Å². The van der Waals surface area contributed by atoms with Crippen LogP contribution in [0.5, 0.6) is 0 Å². The second-order valence-corrected chi connectivity index (χ2v) is 4.89. The Morgan fingerprint density at radius 2 is 2.20 bits per heavy atom. The van der Waals surface area contributed by atoms with Gasteiger partial charge in [-0.3, -0.25) is 13.6 Å². The molecule has 1 heterocycles. The average Bonchev–Trinajstić information content (AvgIpc) is 1.75. The molecule has 10 heavy (non-hydrogen) atoms. The summed E-state index contributed by atoms with van der Waals surface area (Å²) in [7, 11) is -1.38. The highest BCUT2D eigenvalue weighted by Crippen LogP contribution is 2.47. The van der Waals surface area contributed by atoms with Crippen molar-refractivity contribution in [2.45, 2.75) is 0 Å². The van der Waals surface area contributed by atoms with Gasteiger partial charge in [0.05, 0.1) is 0 Å². The lowest BCUT2D eigenvalue weighted by Gasteiger charge is -2.23. The second-order valence-electron chi connectivity index (χ2n) is 1.79. The zero-order valence-corrected chi connectivity index (χ0v) is 7.73. The third-order valence-corrected chi connectivity index (χ3v) is 2.36. The first-order valence-electron chi connectivity index (χ1n) is 2.78. The van der Waals surface area contributed by atoms with Crippen LogP contribution in [-0.4, -0.2) is 26.9 Å². The number of hydrogen-bond donors (Lipinski definition) is 0. The standard InChI is InChI=1S/C4H10O4P2/c1-9(2)5-3-6-10-7-4-8-10/h3-4H2,1-2H3. The van der Waals surface area contributed by atoms with E-state index in [1.807, 2.05) is 13.3 Å². The van der Waals surface area contributed by atoms with Crippen LogP contribution in [-0.2, 0) is 18.1 Å². The Hall–Kier alpha value is 0.700. The molecule has 0 aromatic rings. The van der Waals surface area contributed by atoms with Gasteiger partial charge in [0, 0.05) is 8.15 Å². The summed E-state index contributed by atoms with van der Waals surface area (Å²) in [4.78, 5) is 0. The summed E-state index contributed by atoms with van der Waals surface area (Å²) >= 11 is 0. The Balaban J connectivity index is 1.85. The molecule has 0 aromatic heterocycles. The predicted molar refractivity (Wildman–Crippen MR) is 39.8 cm³/mol. The van der Waals surface area contributed by atoms with Gasteiger partial charge in [-0.1, -0.05) is 0 Å². The van der Waals surface area contributed by atoms with Crippen molar-refractivity contribution in [2.24, 2.45) is 0 Å². The van der Waals surface area contributed by atoms with E-state index in [0.29, 0.717) is 6.79 Å². The van der Waals surface area contributed by atoms with Crippen molar-refractivity contribution in [3.8, 4) is 0 Å². The van der Waals surface area contributed by atoms with E-state index in [2.05, 4.69) is 0 Å². The lowest BCUT2D eigenvalue weighted by molar-refractivity contribution is -0.0265. The molecular formula is C4H10O4P2. The van der Waals surface area contributed by atoms with Crippen LogP contribution in [0.2, 0.25) is 0 Å². The van der Waals surface area contributed by atoms with Gasteiger partial charge in [0.15, 0.2) is 13.6 Å². The Morgan fingerprint density at radius 1 is 1.50 bits per heavy atom. The van der Waals surface area contributed by atoms with E-state index < -0.39 is 8.60 Å². The Labute approximate surface area is 62.6 Å². The maximum absolute atomic E-state index is 5.15. The minimum absolute atomic E-state index is 0.282. The SMILES string of the molecule is CP(C)OCOP1OCO1. The van der Waals surface area contributed by atoms with Crippen molar-refractivity contribution in [2.75, 3.05) is 26.9 Å². The van der Waals surface area contributed by atoms with E-state index >= 15 is 0 Å². The highest BCUT2D eigenvalue weighted by molar-refractivity contribution is 7.50. The van der Waals surface area contributed by atoms with Crippen molar-refractivity contribution in [3.05, 3.63) is 0 Å². The summed E-state index contributed by atoms with van der Waals surface area (Å²) < 4.78 is 19.9.